The van der Waals surface area contributed by atoms with Gasteiger partial charge < -0.3 is 9.84 Å². The van der Waals surface area contributed by atoms with Gasteiger partial charge in [0.15, 0.2) is 14.5 Å². The number of methoxy groups -OCH3 is 1. The van der Waals surface area contributed by atoms with Crippen LogP contribution in [0.2, 0.25) is 0 Å². The fourth-order valence-electron chi connectivity index (χ4n) is 1.15. The Balaban J connectivity index is 2.42. The molecule has 1 heterocycles. The van der Waals surface area contributed by atoms with Crippen molar-refractivity contribution in [2.24, 2.45) is 0 Å². The maximum atomic E-state index is 9.59. The molecule has 0 amide bonds. The third kappa shape index (κ3) is 2.20. The van der Waals surface area contributed by atoms with Crippen LogP contribution in [0.1, 0.15) is 0 Å². The molecule has 0 bridgehead atoms. The summed E-state index contributed by atoms with van der Waals surface area (Å²) in [6, 6.07) is 5.17. The van der Waals surface area contributed by atoms with Crippen LogP contribution in [0.4, 0.5) is 0 Å². The van der Waals surface area contributed by atoms with E-state index in [-0.39, 0.29) is 5.75 Å². The number of aromatic nitrogens is 2. The molecule has 0 atom stereocenters. The molecule has 2 aromatic rings. The zero-order chi connectivity index (χ0) is 10.8. The van der Waals surface area contributed by atoms with Gasteiger partial charge in [-0.25, -0.2) is 0 Å². The minimum absolute atomic E-state index is 0.111. The van der Waals surface area contributed by atoms with Gasteiger partial charge in [-0.3, -0.25) is 0 Å². The molecule has 1 N–H and O–H groups in total. The zero-order valence-corrected chi connectivity index (χ0v) is 10.7. The molecule has 0 saturated heterocycles. The number of nitrogens with zero attached hydrogens (tertiary/aromatic N) is 2. The number of hydrogen-bond donors (Lipinski definition) is 1. The summed E-state index contributed by atoms with van der Waals surface area (Å²) in [5.74, 6) is 0.568. The van der Waals surface area contributed by atoms with E-state index in [2.05, 4.69) is 32.8 Å². The minimum atomic E-state index is 0.111. The number of benzene rings is 1. The van der Waals surface area contributed by atoms with E-state index in [9.17, 15) is 5.11 Å². The molecule has 4 nitrogen and oxygen atoms in total. The monoisotopic (exact) mass is 334 g/mol. The molecule has 2 rings (SSSR count). The molecule has 0 aliphatic rings. The summed E-state index contributed by atoms with van der Waals surface area (Å²) in [6.45, 7) is 0. The Labute approximate surface area is 104 Å². The molecule has 0 spiro atoms. The topological polar surface area (TPSA) is 55.2 Å². The van der Waals surface area contributed by atoms with Crippen LogP contribution in [0.3, 0.4) is 0 Å². The summed E-state index contributed by atoms with van der Waals surface area (Å²) in [6.07, 6.45) is 0. The quantitative estimate of drug-likeness (QED) is 0.858. The smallest absolute Gasteiger partial charge is 0.178 e. The lowest BCUT2D eigenvalue weighted by Gasteiger charge is -2.03. The molecule has 15 heavy (non-hydrogen) atoms. The summed E-state index contributed by atoms with van der Waals surface area (Å²) in [5.41, 5.74) is 0.841. The van der Waals surface area contributed by atoms with E-state index in [1.165, 1.54) is 18.4 Å². The summed E-state index contributed by atoms with van der Waals surface area (Å²) in [7, 11) is 1.52. The van der Waals surface area contributed by atoms with Gasteiger partial charge in [0.25, 0.3) is 0 Å². The predicted octanol–water partition coefficient (Wildman–Crippen LogP) is 2.52. The molecule has 0 unspecified atom stereocenters. The Kier molecular flexibility index (Phi) is 3.06. The van der Waals surface area contributed by atoms with E-state index < -0.39 is 0 Å². The second kappa shape index (κ2) is 4.31. The molecule has 0 radical (unpaired) electrons. The van der Waals surface area contributed by atoms with Gasteiger partial charge in [-0.15, -0.1) is 10.2 Å². The normalized spacial score (nSPS) is 10.3. The molecule has 78 valence electrons. The lowest BCUT2D eigenvalue weighted by atomic mass is 10.2. The van der Waals surface area contributed by atoms with E-state index in [1.807, 2.05) is 6.07 Å². The van der Waals surface area contributed by atoms with Crippen LogP contribution in [-0.4, -0.2) is 22.4 Å². The SMILES string of the molecule is COc1ccc(-c2nnc(I)s2)cc1O. The van der Waals surface area contributed by atoms with Gasteiger partial charge in [0.05, 0.1) is 7.11 Å². The maximum absolute atomic E-state index is 9.59. The maximum Gasteiger partial charge on any atom is 0.178 e. The number of phenolic OH excluding ortho intramolecular Hbond substituents is 1. The van der Waals surface area contributed by atoms with Crippen LogP contribution in [0.15, 0.2) is 18.2 Å². The first-order valence-electron chi connectivity index (χ1n) is 4.07. The number of halogens is 1. The average molecular weight is 334 g/mol. The average Bonchev–Trinajstić information content (AvgIpc) is 2.65. The largest absolute Gasteiger partial charge is 0.504 e. The Morgan fingerprint density at radius 2 is 2.20 bits per heavy atom. The van der Waals surface area contributed by atoms with Crippen LogP contribution >= 0.6 is 33.9 Å². The number of rotatable bonds is 2. The second-order valence-electron chi connectivity index (χ2n) is 2.75. The van der Waals surface area contributed by atoms with Gasteiger partial charge in [0.1, 0.15) is 5.01 Å². The molecular formula is C9H7IN2O2S. The first kappa shape index (κ1) is 10.6. The van der Waals surface area contributed by atoms with Crippen molar-refractivity contribution in [2.45, 2.75) is 0 Å². The van der Waals surface area contributed by atoms with Gasteiger partial charge in [-0.2, -0.15) is 0 Å². The molecule has 1 aromatic carbocycles. The van der Waals surface area contributed by atoms with Crippen molar-refractivity contribution in [1.82, 2.24) is 10.2 Å². The van der Waals surface area contributed by atoms with Gasteiger partial charge in [-0.1, -0.05) is 11.3 Å². The van der Waals surface area contributed by atoms with Crippen molar-refractivity contribution in [3.05, 3.63) is 21.2 Å². The van der Waals surface area contributed by atoms with Crippen LogP contribution in [-0.2, 0) is 0 Å². The third-order valence-electron chi connectivity index (χ3n) is 1.83. The molecular weight excluding hydrogens is 327 g/mol. The summed E-state index contributed by atoms with van der Waals surface area (Å²) < 4.78 is 5.83. The van der Waals surface area contributed by atoms with Gasteiger partial charge in [0.2, 0.25) is 0 Å². The van der Waals surface area contributed by atoms with Crippen molar-refractivity contribution < 1.29 is 9.84 Å². The molecule has 0 saturated carbocycles. The van der Waals surface area contributed by atoms with E-state index in [4.69, 9.17) is 4.74 Å². The minimum Gasteiger partial charge on any atom is -0.504 e. The highest BCUT2D eigenvalue weighted by Crippen LogP contribution is 2.32. The summed E-state index contributed by atoms with van der Waals surface area (Å²) >= 11 is 3.58. The Bertz CT molecular complexity index is 487. The molecule has 0 aliphatic heterocycles. The van der Waals surface area contributed by atoms with Crippen LogP contribution in [0.25, 0.3) is 10.6 Å². The first-order valence-corrected chi connectivity index (χ1v) is 5.96. The van der Waals surface area contributed by atoms with E-state index >= 15 is 0 Å². The number of ether oxygens (including phenoxy) is 1. The number of phenols is 1. The van der Waals surface area contributed by atoms with E-state index in [0.29, 0.717) is 5.75 Å². The van der Waals surface area contributed by atoms with E-state index in [1.54, 1.807) is 12.1 Å². The predicted molar refractivity (Wildman–Crippen MR) is 66.3 cm³/mol. The Hall–Kier alpha value is -0.890. The molecule has 6 heteroatoms. The number of hydrogen-bond acceptors (Lipinski definition) is 5. The summed E-state index contributed by atoms with van der Waals surface area (Å²) in [5, 5.41) is 18.3. The Morgan fingerprint density at radius 3 is 2.73 bits per heavy atom. The van der Waals surface area contributed by atoms with Crippen LogP contribution in [0, 0.1) is 3.01 Å². The van der Waals surface area contributed by atoms with Gasteiger partial charge in [0, 0.05) is 5.56 Å². The van der Waals surface area contributed by atoms with Crippen molar-refractivity contribution in [1.29, 1.82) is 0 Å². The fourth-order valence-corrected chi connectivity index (χ4v) is 2.45. The molecule has 1 aromatic heterocycles. The zero-order valence-electron chi connectivity index (χ0n) is 7.77. The third-order valence-corrected chi connectivity index (χ3v) is 3.46. The van der Waals surface area contributed by atoms with Crippen molar-refractivity contribution in [3.8, 4) is 22.1 Å². The van der Waals surface area contributed by atoms with Crippen LogP contribution in [0.5, 0.6) is 11.5 Å². The molecule has 0 aliphatic carbocycles. The first-order chi connectivity index (χ1) is 7.20. The van der Waals surface area contributed by atoms with Crippen molar-refractivity contribution >= 4 is 33.9 Å². The highest BCUT2D eigenvalue weighted by Gasteiger charge is 2.08. The van der Waals surface area contributed by atoms with Gasteiger partial charge in [-0.05, 0) is 40.8 Å². The molecule has 0 fully saturated rings. The second-order valence-corrected chi connectivity index (χ2v) is 5.48. The van der Waals surface area contributed by atoms with Crippen LogP contribution < -0.4 is 4.74 Å². The highest BCUT2D eigenvalue weighted by atomic mass is 127. The van der Waals surface area contributed by atoms with Crippen molar-refractivity contribution in [3.63, 3.8) is 0 Å². The van der Waals surface area contributed by atoms with E-state index in [0.717, 1.165) is 13.6 Å². The standard InChI is InChI=1S/C9H7IN2O2S/c1-14-7-3-2-5(4-6(7)13)8-11-12-9(10)15-8/h2-4,13H,1H3. The van der Waals surface area contributed by atoms with Gasteiger partial charge >= 0.3 is 0 Å². The Morgan fingerprint density at radius 1 is 1.40 bits per heavy atom. The number of aromatic hydroxyl groups is 1. The summed E-state index contributed by atoms with van der Waals surface area (Å²) in [4.78, 5) is 0. The van der Waals surface area contributed by atoms with Crippen molar-refractivity contribution in [2.75, 3.05) is 7.11 Å². The highest BCUT2D eigenvalue weighted by molar-refractivity contribution is 14.1. The lowest BCUT2D eigenvalue weighted by molar-refractivity contribution is 0.373. The lowest BCUT2D eigenvalue weighted by Crippen LogP contribution is -1.84. The fraction of sp³-hybridized carbons (Fsp3) is 0.111.